The summed E-state index contributed by atoms with van der Waals surface area (Å²) in [6.45, 7) is 0.0129. The Kier molecular flexibility index (Phi) is 3.53. The van der Waals surface area contributed by atoms with Crippen LogP contribution >= 0.6 is 0 Å². The van der Waals surface area contributed by atoms with E-state index in [9.17, 15) is 20.1 Å². The van der Waals surface area contributed by atoms with Crippen molar-refractivity contribution in [3.8, 4) is 0 Å². The summed E-state index contributed by atoms with van der Waals surface area (Å²) in [5.74, 6) is -5.79. The number of rotatable bonds is 3. The summed E-state index contributed by atoms with van der Waals surface area (Å²) in [5, 5.41) is 37.7. The Morgan fingerprint density at radius 1 is 1.50 bits per heavy atom. The minimum absolute atomic E-state index is 0.883. The highest BCUT2D eigenvalue weighted by Gasteiger charge is 2.69. The number of aliphatic hydroxyl groups is 4. The second kappa shape index (κ2) is 4.24. The fourth-order valence-corrected chi connectivity index (χ4v) is 1.55. The van der Waals surface area contributed by atoms with Crippen molar-refractivity contribution in [3.05, 3.63) is 0 Å². The van der Waals surface area contributed by atoms with Gasteiger partial charge in [0.1, 0.15) is 6.61 Å². The molecule has 0 saturated carbocycles. The zero-order chi connectivity index (χ0) is 12.6. The first-order valence-electron chi connectivity index (χ1n) is 4.45. The minimum atomic E-state index is -2.55. The molecule has 0 spiro atoms. The first-order valence-corrected chi connectivity index (χ1v) is 4.45. The van der Waals surface area contributed by atoms with Crippen LogP contribution in [0.4, 0.5) is 0 Å². The summed E-state index contributed by atoms with van der Waals surface area (Å²) in [4.78, 5) is 10.8. The summed E-state index contributed by atoms with van der Waals surface area (Å²) in [5.41, 5.74) is 0. The maximum Gasteiger partial charge on any atom is 0.305 e. The van der Waals surface area contributed by atoms with Gasteiger partial charge in [0.15, 0.2) is 12.4 Å². The third-order valence-electron chi connectivity index (χ3n) is 2.36. The fourth-order valence-electron chi connectivity index (χ4n) is 1.55. The average molecular weight is 238 g/mol. The van der Waals surface area contributed by atoms with Crippen molar-refractivity contribution >= 4 is 5.97 Å². The van der Waals surface area contributed by atoms with Gasteiger partial charge in [0.25, 0.3) is 11.6 Å². The van der Waals surface area contributed by atoms with E-state index in [1.807, 2.05) is 0 Å². The molecule has 1 rings (SSSR count). The Balaban J connectivity index is 3.12. The lowest BCUT2D eigenvalue weighted by molar-refractivity contribution is -0.366. The third kappa shape index (κ3) is 1.69. The van der Waals surface area contributed by atoms with Crippen LogP contribution < -0.4 is 0 Å². The fraction of sp³-hybridized carbons (Fsp3) is 0.875. The molecule has 4 atom stereocenters. The summed E-state index contributed by atoms with van der Waals surface area (Å²) >= 11 is 0. The number of carbonyl (C=O) groups is 1. The average Bonchev–Trinajstić information content (AvgIpc) is 2.41. The largest absolute Gasteiger partial charge is 0.424 e. The van der Waals surface area contributed by atoms with Gasteiger partial charge in [-0.25, -0.2) is 0 Å². The Labute approximate surface area is 91.0 Å². The van der Waals surface area contributed by atoms with Crippen LogP contribution in [0.3, 0.4) is 0 Å². The highest BCUT2D eigenvalue weighted by Crippen LogP contribution is 2.40. The molecule has 1 heterocycles. The molecule has 8 nitrogen and oxygen atoms in total. The van der Waals surface area contributed by atoms with Gasteiger partial charge < -0.3 is 34.6 Å². The van der Waals surface area contributed by atoms with Crippen LogP contribution in [0.5, 0.6) is 0 Å². The van der Waals surface area contributed by atoms with Crippen LogP contribution in [-0.2, 0) is 19.0 Å². The Morgan fingerprint density at radius 2 is 2.06 bits per heavy atom. The monoisotopic (exact) mass is 238 g/mol. The van der Waals surface area contributed by atoms with Crippen molar-refractivity contribution in [2.45, 2.75) is 30.9 Å². The lowest BCUT2D eigenvalue weighted by Gasteiger charge is -2.37. The molecule has 0 aromatic heterocycles. The van der Waals surface area contributed by atoms with E-state index in [1.54, 1.807) is 0 Å². The quantitative estimate of drug-likeness (QED) is 0.309. The van der Waals surface area contributed by atoms with Crippen molar-refractivity contribution in [3.63, 3.8) is 0 Å². The van der Waals surface area contributed by atoms with E-state index in [-0.39, 0.29) is 0 Å². The highest BCUT2D eigenvalue weighted by molar-refractivity contribution is 5.66. The number of ether oxygens (including phenoxy) is 3. The lowest BCUT2D eigenvalue weighted by Crippen LogP contribution is -2.61. The normalized spacial score (nSPS) is 43.4. The van der Waals surface area contributed by atoms with Gasteiger partial charge in [-0.15, -0.1) is 0 Å². The van der Waals surface area contributed by atoms with Crippen LogP contribution in [-0.4, -0.2) is 64.1 Å². The predicted octanol–water partition coefficient (Wildman–Crippen LogP) is -2.72. The summed E-state index contributed by atoms with van der Waals surface area (Å²) < 4.78 is 13.8. The van der Waals surface area contributed by atoms with Crippen LogP contribution in [0.2, 0.25) is 0 Å². The van der Waals surface area contributed by atoms with Crippen LogP contribution in [0.15, 0.2) is 0 Å². The zero-order valence-electron chi connectivity index (χ0n) is 8.78. The van der Waals surface area contributed by atoms with Crippen LogP contribution in [0.1, 0.15) is 6.92 Å². The molecule has 8 heteroatoms. The van der Waals surface area contributed by atoms with E-state index in [0.29, 0.717) is 0 Å². The molecule has 0 amide bonds. The number of methoxy groups -OCH3 is 1. The van der Waals surface area contributed by atoms with Gasteiger partial charge in [-0.05, 0) is 0 Å². The molecule has 0 aromatic rings. The van der Waals surface area contributed by atoms with E-state index in [0.717, 1.165) is 14.0 Å². The summed E-state index contributed by atoms with van der Waals surface area (Å²) in [6.07, 6.45) is -3.74. The van der Waals surface area contributed by atoms with Gasteiger partial charge in [0.2, 0.25) is 0 Å². The lowest BCUT2D eigenvalue weighted by atomic mass is 10.0. The molecule has 4 N–H and O–H groups in total. The van der Waals surface area contributed by atoms with Crippen molar-refractivity contribution in [2.75, 3.05) is 13.7 Å². The smallest absolute Gasteiger partial charge is 0.305 e. The molecule has 1 fully saturated rings. The highest BCUT2D eigenvalue weighted by atomic mass is 16.8. The minimum Gasteiger partial charge on any atom is -0.424 e. The molecule has 1 saturated heterocycles. The number of hydrogen-bond acceptors (Lipinski definition) is 8. The first kappa shape index (κ1) is 13.3. The Bertz CT molecular complexity index is 281. The topological polar surface area (TPSA) is 126 Å². The first-order chi connectivity index (χ1) is 7.33. The molecule has 1 aliphatic heterocycles. The standard InChI is InChI=1S/C8H14O8/c1-4(10)15-7(3-9)8(13,14-2)5(11)6(12)16-7/h5-6,9,11-13H,3H2,1-2H3/t5-,6-,7+,8-/m0/s1. The molecule has 0 aromatic carbocycles. The summed E-state index contributed by atoms with van der Waals surface area (Å²) in [6, 6.07) is 0. The van der Waals surface area contributed by atoms with Crippen molar-refractivity contribution in [1.82, 2.24) is 0 Å². The Morgan fingerprint density at radius 3 is 2.44 bits per heavy atom. The van der Waals surface area contributed by atoms with E-state index in [4.69, 9.17) is 5.11 Å². The molecule has 16 heavy (non-hydrogen) atoms. The van der Waals surface area contributed by atoms with Crippen molar-refractivity contribution in [1.29, 1.82) is 0 Å². The molecule has 0 aliphatic carbocycles. The van der Waals surface area contributed by atoms with Crippen molar-refractivity contribution in [2.24, 2.45) is 0 Å². The molecule has 0 unspecified atom stereocenters. The van der Waals surface area contributed by atoms with Gasteiger partial charge in [-0.3, -0.25) is 4.79 Å². The number of hydrogen-bond donors (Lipinski definition) is 4. The van der Waals surface area contributed by atoms with E-state index in [1.165, 1.54) is 0 Å². The van der Waals surface area contributed by atoms with Crippen molar-refractivity contribution < 1.29 is 39.4 Å². The molecule has 0 bridgehead atoms. The summed E-state index contributed by atoms with van der Waals surface area (Å²) in [7, 11) is 0.999. The molecule has 94 valence electrons. The number of aliphatic hydroxyl groups excluding tert-OH is 3. The van der Waals surface area contributed by atoms with Crippen LogP contribution in [0.25, 0.3) is 0 Å². The molecular formula is C8H14O8. The van der Waals surface area contributed by atoms with Gasteiger partial charge in [0.05, 0.1) is 0 Å². The van der Waals surface area contributed by atoms with Gasteiger partial charge in [-0.2, -0.15) is 0 Å². The molecular weight excluding hydrogens is 224 g/mol. The van der Waals surface area contributed by atoms with E-state index < -0.39 is 36.5 Å². The second-order valence-electron chi connectivity index (χ2n) is 3.36. The number of carbonyl (C=O) groups excluding carboxylic acids is 1. The predicted molar refractivity (Wildman–Crippen MR) is 46.6 cm³/mol. The van der Waals surface area contributed by atoms with Gasteiger partial charge in [-0.1, -0.05) is 0 Å². The maximum atomic E-state index is 10.8. The zero-order valence-corrected chi connectivity index (χ0v) is 8.78. The third-order valence-corrected chi connectivity index (χ3v) is 2.36. The van der Waals surface area contributed by atoms with E-state index >= 15 is 0 Å². The number of esters is 1. The Hall–Kier alpha value is -0.770. The second-order valence-corrected chi connectivity index (χ2v) is 3.36. The molecule has 0 radical (unpaired) electrons. The van der Waals surface area contributed by atoms with Gasteiger partial charge >= 0.3 is 5.97 Å². The van der Waals surface area contributed by atoms with Gasteiger partial charge in [0, 0.05) is 14.0 Å². The van der Waals surface area contributed by atoms with E-state index in [2.05, 4.69) is 14.2 Å². The molecule has 1 aliphatic rings. The van der Waals surface area contributed by atoms with Crippen LogP contribution in [0, 0.1) is 0 Å². The maximum absolute atomic E-state index is 10.8. The SMILES string of the molecule is CO[C@@]1(O)[C@@H](O)[C@@H](O)O[C@@]1(CO)OC(C)=O.